The summed E-state index contributed by atoms with van der Waals surface area (Å²) in [7, 11) is -3.69. The number of aromatic amines is 1. The molecule has 10 nitrogen and oxygen atoms in total. The van der Waals surface area contributed by atoms with Crippen molar-refractivity contribution >= 4 is 16.2 Å². The number of nitrogens with zero attached hydrogens (tertiary/aromatic N) is 4. The Morgan fingerprint density at radius 1 is 1.50 bits per heavy atom. The number of rotatable bonds is 5. The molecule has 0 radical (unpaired) electrons. The van der Waals surface area contributed by atoms with Crippen molar-refractivity contribution in [1.29, 1.82) is 0 Å². The van der Waals surface area contributed by atoms with E-state index in [4.69, 9.17) is 5.11 Å². The number of aromatic nitrogens is 4. The molecule has 2 rings (SSSR count). The number of H-pyrrole nitrogens is 1. The summed E-state index contributed by atoms with van der Waals surface area (Å²) < 4.78 is 28.0. The lowest BCUT2D eigenvalue weighted by Gasteiger charge is -2.29. The Balaban J connectivity index is 1.96. The fourth-order valence-corrected chi connectivity index (χ4v) is 3.44. The molecule has 1 fully saturated rings. The first-order valence-electron chi connectivity index (χ1n) is 6.13. The van der Waals surface area contributed by atoms with Gasteiger partial charge in [-0.15, -0.1) is 10.2 Å². The topological polar surface area (TPSA) is 141 Å². The van der Waals surface area contributed by atoms with E-state index in [9.17, 15) is 13.2 Å². The standard InChI is InChI=1S/C9H16N6O4S/c1-6(8-10-13-14-11-8)12-20(18,19)15-4-2-7(3-5-15)9(16)17/h6-7,12H,2-5H2,1H3,(H,16,17)(H,10,11,13,14). The number of tetrazole rings is 1. The van der Waals surface area contributed by atoms with Crippen LogP contribution < -0.4 is 4.72 Å². The summed E-state index contributed by atoms with van der Waals surface area (Å²) in [5.41, 5.74) is 0. The summed E-state index contributed by atoms with van der Waals surface area (Å²) in [4.78, 5) is 10.8. The number of aliphatic carboxylic acids is 1. The van der Waals surface area contributed by atoms with E-state index in [1.54, 1.807) is 6.92 Å². The van der Waals surface area contributed by atoms with Crippen molar-refractivity contribution in [2.75, 3.05) is 13.1 Å². The molecule has 0 aromatic carbocycles. The van der Waals surface area contributed by atoms with E-state index in [1.165, 1.54) is 4.31 Å². The van der Waals surface area contributed by atoms with Crippen LogP contribution in [-0.2, 0) is 15.0 Å². The van der Waals surface area contributed by atoms with Gasteiger partial charge in [-0.05, 0) is 19.8 Å². The second-order valence-electron chi connectivity index (χ2n) is 4.63. The Kier molecular flexibility index (Phi) is 4.30. The summed E-state index contributed by atoms with van der Waals surface area (Å²) in [6.07, 6.45) is 0.625. The number of piperidine rings is 1. The molecule has 112 valence electrons. The van der Waals surface area contributed by atoms with Gasteiger partial charge < -0.3 is 5.11 Å². The molecule has 1 aliphatic rings. The van der Waals surface area contributed by atoms with Crippen LogP contribution >= 0.6 is 0 Å². The largest absolute Gasteiger partial charge is 0.481 e. The normalized spacial score (nSPS) is 19.9. The Hall–Kier alpha value is -1.59. The van der Waals surface area contributed by atoms with Crippen LogP contribution in [0, 0.1) is 5.92 Å². The molecule has 0 saturated carbocycles. The highest BCUT2D eigenvalue weighted by molar-refractivity contribution is 7.87. The summed E-state index contributed by atoms with van der Waals surface area (Å²) in [6, 6.07) is -0.615. The fraction of sp³-hybridized carbons (Fsp3) is 0.778. The summed E-state index contributed by atoms with van der Waals surface area (Å²) >= 11 is 0. The lowest BCUT2D eigenvalue weighted by Crippen LogP contribution is -2.46. The predicted molar refractivity (Wildman–Crippen MR) is 66.6 cm³/mol. The average molecular weight is 304 g/mol. The van der Waals surface area contributed by atoms with Crippen molar-refractivity contribution in [3.63, 3.8) is 0 Å². The van der Waals surface area contributed by atoms with Crippen molar-refractivity contribution in [2.45, 2.75) is 25.8 Å². The molecule has 0 spiro atoms. The molecule has 11 heteroatoms. The Morgan fingerprint density at radius 2 is 2.15 bits per heavy atom. The second-order valence-corrected chi connectivity index (χ2v) is 6.33. The number of carboxylic acid groups (broad SMARTS) is 1. The third-order valence-corrected chi connectivity index (χ3v) is 4.91. The third-order valence-electron chi connectivity index (χ3n) is 3.22. The molecular weight excluding hydrogens is 288 g/mol. The van der Waals surface area contributed by atoms with Gasteiger partial charge in [0, 0.05) is 13.1 Å². The van der Waals surface area contributed by atoms with Gasteiger partial charge in [-0.2, -0.15) is 22.7 Å². The molecule has 3 N–H and O–H groups in total. The molecular formula is C9H16N6O4S. The van der Waals surface area contributed by atoms with Crippen molar-refractivity contribution in [2.24, 2.45) is 5.92 Å². The Bertz CT molecular complexity index is 551. The predicted octanol–water partition coefficient (Wildman–Crippen LogP) is -1.11. The molecule has 0 bridgehead atoms. The first-order valence-corrected chi connectivity index (χ1v) is 7.57. The monoisotopic (exact) mass is 304 g/mol. The minimum absolute atomic E-state index is 0.186. The quantitative estimate of drug-likeness (QED) is 0.626. The molecule has 1 aromatic heterocycles. The van der Waals surface area contributed by atoms with E-state index >= 15 is 0 Å². The number of hydrogen-bond donors (Lipinski definition) is 3. The molecule has 2 heterocycles. The van der Waals surface area contributed by atoms with Gasteiger partial charge in [0.05, 0.1) is 12.0 Å². The van der Waals surface area contributed by atoms with Crippen molar-refractivity contribution in [1.82, 2.24) is 29.7 Å². The van der Waals surface area contributed by atoms with Gasteiger partial charge in [-0.1, -0.05) is 5.21 Å². The summed E-state index contributed by atoms with van der Waals surface area (Å²) in [6.45, 7) is 1.98. The highest BCUT2D eigenvalue weighted by atomic mass is 32.2. The molecule has 20 heavy (non-hydrogen) atoms. The van der Waals surface area contributed by atoms with E-state index in [1.807, 2.05) is 0 Å². The molecule has 0 aliphatic carbocycles. The van der Waals surface area contributed by atoms with Crippen LogP contribution in [0.5, 0.6) is 0 Å². The molecule has 1 unspecified atom stereocenters. The summed E-state index contributed by atoms with van der Waals surface area (Å²) in [5.74, 6) is -1.11. The zero-order valence-corrected chi connectivity index (χ0v) is 11.7. The van der Waals surface area contributed by atoms with Gasteiger partial charge >= 0.3 is 5.97 Å². The van der Waals surface area contributed by atoms with Gasteiger partial charge in [0.1, 0.15) is 0 Å². The minimum Gasteiger partial charge on any atom is -0.481 e. The van der Waals surface area contributed by atoms with Gasteiger partial charge in [-0.25, -0.2) is 0 Å². The highest BCUT2D eigenvalue weighted by Crippen LogP contribution is 2.20. The zero-order chi connectivity index (χ0) is 14.8. The van der Waals surface area contributed by atoms with Crippen LogP contribution in [0.2, 0.25) is 0 Å². The van der Waals surface area contributed by atoms with Crippen molar-refractivity contribution in [3.8, 4) is 0 Å². The van der Waals surface area contributed by atoms with Crippen molar-refractivity contribution in [3.05, 3.63) is 5.82 Å². The Morgan fingerprint density at radius 3 is 2.65 bits per heavy atom. The molecule has 1 saturated heterocycles. The minimum atomic E-state index is -3.69. The van der Waals surface area contributed by atoms with Gasteiger partial charge in [-0.3, -0.25) is 4.79 Å². The van der Waals surface area contributed by atoms with Gasteiger partial charge in [0.25, 0.3) is 10.2 Å². The average Bonchev–Trinajstić information content (AvgIpc) is 2.92. The Labute approximate surface area is 115 Å². The van der Waals surface area contributed by atoms with Crippen LogP contribution in [0.3, 0.4) is 0 Å². The second kappa shape index (κ2) is 5.81. The van der Waals surface area contributed by atoms with Crippen LogP contribution in [-0.4, -0.2) is 57.5 Å². The maximum Gasteiger partial charge on any atom is 0.306 e. The van der Waals surface area contributed by atoms with Crippen LogP contribution in [0.15, 0.2) is 0 Å². The van der Waals surface area contributed by atoms with Crippen LogP contribution in [0.4, 0.5) is 0 Å². The number of hydrogen-bond acceptors (Lipinski definition) is 6. The molecule has 1 aromatic rings. The summed E-state index contributed by atoms with van der Waals surface area (Å²) in [5, 5.41) is 21.9. The lowest BCUT2D eigenvalue weighted by molar-refractivity contribution is -0.142. The van der Waals surface area contributed by atoms with Crippen LogP contribution in [0.25, 0.3) is 0 Å². The first kappa shape index (κ1) is 14.8. The van der Waals surface area contributed by atoms with E-state index in [0.717, 1.165) is 0 Å². The smallest absolute Gasteiger partial charge is 0.306 e. The SMILES string of the molecule is CC(NS(=O)(=O)N1CCC(C(=O)O)CC1)c1nn[nH]n1. The van der Waals surface area contributed by atoms with Gasteiger partial charge in [0.2, 0.25) is 0 Å². The maximum atomic E-state index is 12.1. The van der Waals surface area contributed by atoms with Crippen LogP contribution in [0.1, 0.15) is 31.6 Å². The number of nitrogens with one attached hydrogen (secondary N) is 2. The van der Waals surface area contributed by atoms with Crippen molar-refractivity contribution < 1.29 is 18.3 Å². The maximum absolute atomic E-state index is 12.1. The van der Waals surface area contributed by atoms with Gasteiger partial charge in [0.15, 0.2) is 5.82 Å². The van der Waals surface area contributed by atoms with E-state index in [0.29, 0.717) is 12.8 Å². The highest BCUT2D eigenvalue weighted by Gasteiger charge is 2.32. The molecule has 0 amide bonds. The van der Waals surface area contributed by atoms with E-state index < -0.39 is 28.1 Å². The zero-order valence-electron chi connectivity index (χ0n) is 10.9. The number of carbonyl (C=O) groups is 1. The van der Waals surface area contributed by atoms with E-state index in [2.05, 4.69) is 25.3 Å². The third kappa shape index (κ3) is 3.29. The lowest BCUT2D eigenvalue weighted by atomic mass is 9.99. The molecule has 1 aliphatic heterocycles. The van der Waals surface area contributed by atoms with E-state index in [-0.39, 0.29) is 18.9 Å². The first-order chi connectivity index (χ1) is 9.40. The molecule has 1 atom stereocenters. The number of carboxylic acids is 1. The fourth-order valence-electron chi connectivity index (χ4n) is 2.05.